The van der Waals surface area contributed by atoms with E-state index in [-0.39, 0.29) is 5.78 Å². The largest absolute Gasteiger partial charge is 0.289 e. The van der Waals surface area contributed by atoms with Gasteiger partial charge in [0.05, 0.1) is 0 Å². The second kappa shape index (κ2) is 4.97. The van der Waals surface area contributed by atoms with E-state index in [9.17, 15) is 4.79 Å². The van der Waals surface area contributed by atoms with Gasteiger partial charge in [-0.05, 0) is 11.6 Å². The lowest BCUT2D eigenvalue weighted by atomic mass is 10.0. The van der Waals surface area contributed by atoms with E-state index in [1.807, 2.05) is 30.3 Å². The van der Waals surface area contributed by atoms with E-state index >= 15 is 0 Å². The molecule has 1 heteroatoms. The number of hydrogen-bond donors (Lipinski definition) is 0. The van der Waals surface area contributed by atoms with Gasteiger partial charge in [-0.25, -0.2) is 0 Å². The van der Waals surface area contributed by atoms with Crippen LogP contribution in [0.1, 0.15) is 5.56 Å². The van der Waals surface area contributed by atoms with E-state index < -0.39 is 0 Å². The first kappa shape index (κ1) is 10.2. The van der Waals surface area contributed by atoms with E-state index in [1.54, 1.807) is 12.2 Å². The Bertz CT molecular complexity index is 371. The Balaban J connectivity index is 3.14. The Morgan fingerprint density at radius 3 is 2.29 bits per heavy atom. The Labute approximate surface area is 84.1 Å². The summed E-state index contributed by atoms with van der Waals surface area (Å²) in [6.45, 7) is 7.04. The van der Waals surface area contributed by atoms with Gasteiger partial charge in [0.2, 0.25) is 0 Å². The van der Waals surface area contributed by atoms with E-state index in [2.05, 4.69) is 13.2 Å². The molecule has 0 aliphatic heterocycles. The predicted molar refractivity (Wildman–Crippen MR) is 59.8 cm³/mol. The zero-order valence-corrected chi connectivity index (χ0v) is 7.94. The number of benzene rings is 1. The van der Waals surface area contributed by atoms with Crippen LogP contribution in [-0.2, 0) is 4.79 Å². The molecule has 0 spiro atoms. The second-order valence-electron chi connectivity index (χ2n) is 2.75. The zero-order chi connectivity index (χ0) is 10.4. The SMILES string of the molecule is C=C/C=C(\C(=O)C=C)c1ccccc1. The molecule has 0 aliphatic rings. The highest BCUT2D eigenvalue weighted by atomic mass is 16.1. The number of rotatable bonds is 4. The molecule has 0 fully saturated rings. The molecular weight excluding hydrogens is 172 g/mol. The Hall–Kier alpha value is -1.89. The van der Waals surface area contributed by atoms with Crippen molar-refractivity contribution in [2.45, 2.75) is 0 Å². The summed E-state index contributed by atoms with van der Waals surface area (Å²) in [5.74, 6) is -0.0869. The summed E-state index contributed by atoms with van der Waals surface area (Å²) in [6.07, 6.45) is 4.60. The molecule has 0 bridgehead atoms. The summed E-state index contributed by atoms with van der Waals surface area (Å²) < 4.78 is 0. The molecule has 0 aliphatic carbocycles. The molecule has 0 atom stereocenters. The number of ketones is 1. The maximum absolute atomic E-state index is 11.5. The number of carbonyl (C=O) groups is 1. The van der Waals surface area contributed by atoms with Crippen LogP contribution in [-0.4, -0.2) is 5.78 Å². The van der Waals surface area contributed by atoms with Gasteiger partial charge in [0, 0.05) is 5.57 Å². The lowest BCUT2D eigenvalue weighted by molar-refractivity contribution is -0.109. The van der Waals surface area contributed by atoms with Crippen LogP contribution in [0.5, 0.6) is 0 Å². The van der Waals surface area contributed by atoms with Crippen LogP contribution in [0.25, 0.3) is 5.57 Å². The molecule has 1 aromatic rings. The molecule has 0 N–H and O–H groups in total. The molecular formula is C13H12O. The highest BCUT2D eigenvalue weighted by Crippen LogP contribution is 2.15. The van der Waals surface area contributed by atoms with Crippen LogP contribution in [0.4, 0.5) is 0 Å². The van der Waals surface area contributed by atoms with Gasteiger partial charge in [-0.1, -0.05) is 55.6 Å². The average molecular weight is 184 g/mol. The fourth-order valence-corrected chi connectivity index (χ4v) is 1.17. The molecule has 0 heterocycles. The van der Waals surface area contributed by atoms with Gasteiger partial charge < -0.3 is 0 Å². The van der Waals surface area contributed by atoms with E-state index in [0.29, 0.717) is 5.57 Å². The highest BCUT2D eigenvalue weighted by molar-refractivity contribution is 6.26. The summed E-state index contributed by atoms with van der Waals surface area (Å²) in [6, 6.07) is 9.46. The monoisotopic (exact) mass is 184 g/mol. The number of allylic oxidation sites excluding steroid dienone is 4. The van der Waals surface area contributed by atoms with Crippen molar-refractivity contribution in [3.63, 3.8) is 0 Å². The van der Waals surface area contributed by atoms with Gasteiger partial charge in [0.25, 0.3) is 0 Å². The molecule has 0 amide bonds. The molecule has 1 rings (SSSR count). The van der Waals surface area contributed by atoms with Crippen LogP contribution >= 0.6 is 0 Å². The zero-order valence-electron chi connectivity index (χ0n) is 7.94. The summed E-state index contributed by atoms with van der Waals surface area (Å²) in [5, 5.41) is 0. The standard InChI is InChI=1S/C13H12O/c1-3-8-12(13(14)4-2)11-9-6-5-7-10-11/h3-10H,1-2H2/b12-8-. The molecule has 14 heavy (non-hydrogen) atoms. The third-order valence-corrected chi connectivity index (χ3v) is 1.82. The summed E-state index contributed by atoms with van der Waals surface area (Å²) in [7, 11) is 0. The first-order valence-electron chi connectivity index (χ1n) is 4.34. The molecule has 0 aromatic heterocycles. The Kier molecular flexibility index (Phi) is 3.62. The Morgan fingerprint density at radius 1 is 1.14 bits per heavy atom. The van der Waals surface area contributed by atoms with Gasteiger partial charge >= 0.3 is 0 Å². The van der Waals surface area contributed by atoms with Gasteiger partial charge in [-0.2, -0.15) is 0 Å². The molecule has 0 radical (unpaired) electrons. The summed E-state index contributed by atoms with van der Waals surface area (Å²) >= 11 is 0. The molecule has 0 saturated heterocycles. The van der Waals surface area contributed by atoms with Crippen molar-refractivity contribution in [1.29, 1.82) is 0 Å². The maximum atomic E-state index is 11.5. The van der Waals surface area contributed by atoms with Crippen LogP contribution < -0.4 is 0 Å². The Morgan fingerprint density at radius 2 is 1.79 bits per heavy atom. The number of carbonyl (C=O) groups excluding carboxylic acids is 1. The predicted octanol–water partition coefficient (Wildman–Crippen LogP) is 3.01. The highest BCUT2D eigenvalue weighted by Gasteiger charge is 2.06. The smallest absolute Gasteiger partial charge is 0.185 e. The quantitative estimate of drug-likeness (QED) is 0.519. The van der Waals surface area contributed by atoms with E-state index in [0.717, 1.165) is 5.56 Å². The number of hydrogen-bond acceptors (Lipinski definition) is 1. The van der Waals surface area contributed by atoms with Crippen molar-refractivity contribution in [3.05, 3.63) is 67.3 Å². The first-order valence-corrected chi connectivity index (χ1v) is 4.34. The minimum absolute atomic E-state index is 0.0869. The van der Waals surface area contributed by atoms with Crippen molar-refractivity contribution in [2.75, 3.05) is 0 Å². The van der Waals surface area contributed by atoms with Gasteiger partial charge in [0.15, 0.2) is 5.78 Å². The van der Waals surface area contributed by atoms with Crippen LogP contribution in [0.15, 0.2) is 61.7 Å². The van der Waals surface area contributed by atoms with Crippen LogP contribution in [0.2, 0.25) is 0 Å². The minimum Gasteiger partial charge on any atom is -0.289 e. The molecule has 1 nitrogen and oxygen atoms in total. The van der Waals surface area contributed by atoms with E-state index in [4.69, 9.17) is 0 Å². The fraction of sp³-hybridized carbons (Fsp3) is 0. The van der Waals surface area contributed by atoms with Crippen molar-refractivity contribution in [3.8, 4) is 0 Å². The second-order valence-corrected chi connectivity index (χ2v) is 2.75. The third kappa shape index (κ3) is 2.30. The lowest BCUT2D eigenvalue weighted by Crippen LogP contribution is -1.96. The molecule has 0 unspecified atom stereocenters. The van der Waals surface area contributed by atoms with Crippen LogP contribution in [0, 0.1) is 0 Å². The van der Waals surface area contributed by atoms with Gasteiger partial charge in [-0.3, -0.25) is 4.79 Å². The van der Waals surface area contributed by atoms with Crippen molar-refractivity contribution in [2.24, 2.45) is 0 Å². The fourth-order valence-electron chi connectivity index (χ4n) is 1.17. The molecule has 70 valence electrons. The molecule has 1 aromatic carbocycles. The van der Waals surface area contributed by atoms with Gasteiger partial charge in [0.1, 0.15) is 0 Å². The maximum Gasteiger partial charge on any atom is 0.185 e. The van der Waals surface area contributed by atoms with Crippen molar-refractivity contribution >= 4 is 11.4 Å². The normalized spacial score (nSPS) is 10.7. The van der Waals surface area contributed by atoms with Crippen molar-refractivity contribution < 1.29 is 4.79 Å². The minimum atomic E-state index is -0.0869. The van der Waals surface area contributed by atoms with Gasteiger partial charge in [-0.15, -0.1) is 0 Å². The van der Waals surface area contributed by atoms with Crippen molar-refractivity contribution in [1.82, 2.24) is 0 Å². The third-order valence-electron chi connectivity index (χ3n) is 1.82. The molecule has 0 saturated carbocycles. The first-order chi connectivity index (χ1) is 6.79. The summed E-state index contributed by atoms with van der Waals surface area (Å²) in [4.78, 5) is 11.5. The average Bonchev–Trinajstić information content (AvgIpc) is 2.26. The lowest BCUT2D eigenvalue weighted by Gasteiger charge is -2.01. The summed E-state index contributed by atoms with van der Waals surface area (Å²) in [5.41, 5.74) is 1.51. The van der Waals surface area contributed by atoms with Crippen LogP contribution in [0.3, 0.4) is 0 Å². The van der Waals surface area contributed by atoms with E-state index in [1.165, 1.54) is 6.08 Å². The topological polar surface area (TPSA) is 17.1 Å².